The first kappa shape index (κ1) is 14.7. The summed E-state index contributed by atoms with van der Waals surface area (Å²) >= 11 is 0. The molecule has 3 aromatic rings. The molecular weight excluding hydrogens is 299 g/mol. The molecule has 4 rings (SSSR count). The second-order valence-corrected chi connectivity index (χ2v) is 6.11. The van der Waals surface area contributed by atoms with Gasteiger partial charge in [-0.3, -0.25) is 0 Å². The van der Waals surface area contributed by atoms with Gasteiger partial charge in [0.1, 0.15) is 11.6 Å². The van der Waals surface area contributed by atoms with Gasteiger partial charge in [0.05, 0.1) is 0 Å². The smallest absolute Gasteiger partial charge is 0.123 e. The number of phenols is 1. The zero-order chi connectivity index (χ0) is 16.5. The summed E-state index contributed by atoms with van der Waals surface area (Å²) in [7, 11) is 0. The Balaban J connectivity index is 1.98. The van der Waals surface area contributed by atoms with Crippen molar-refractivity contribution in [1.29, 1.82) is 0 Å². The molecule has 0 atom stereocenters. The minimum atomic E-state index is -0.227. The predicted molar refractivity (Wildman–Crippen MR) is 95.3 cm³/mol. The monoisotopic (exact) mass is 316 g/mol. The fraction of sp³-hybridized carbons (Fsp3) is 0.0909. The summed E-state index contributed by atoms with van der Waals surface area (Å²) in [4.78, 5) is 0. The molecule has 2 heteroatoms. The van der Waals surface area contributed by atoms with E-state index in [0.29, 0.717) is 0 Å². The van der Waals surface area contributed by atoms with Gasteiger partial charge in [-0.1, -0.05) is 42.5 Å². The van der Waals surface area contributed by atoms with Crippen molar-refractivity contribution in [3.05, 3.63) is 100 Å². The molecule has 0 amide bonds. The van der Waals surface area contributed by atoms with Crippen molar-refractivity contribution in [2.75, 3.05) is 0 Å². The molecule has 3 aromatic carbocycles. The molecule has 0 unspecified atom stereocenters. The number of aryl methyl sites for hydroxylation is 2. The van der Waals surface area contributed by atoms with Crippen LogP contribution in [0.15, 0.2) is 66.7 Å². The van der Waals surface area contributed by atoms with E-state index in [1.54, 1.807) is 18.2 Å². The van der Waals surface area contributed by atoms with Crippen LogP contribution in [0, 0.1) is 5.82 Å². The molecular formula is C22H17FO. The van der Waals surface area contributed by atoms with E-state index in [0.717, 1.165) is 40.7 Å². The summed E-state index contributed by atoms with van der Waals surface area (Å²) in [6, 6.07) is 20.4. The molecule has 24 heavy (non-hydrogen) atoms. The summed E-state index contributed by atoms with van der Waals surface area (Å²) in [5, 5.41) is 9.74. The van der Waals surface area contributed by atoms with Crippen LogP contribution in [-0.2, 0) is 12.8 Å². The highest BCUT2D eigenvalue weighted by Gasteiger charge is 2.18. The normalized spacial score (nSPS) is 14.8. The molecule has 1 N–H and O–H groups in total. The lowest BCUT2D eigenvalue weighted by atomic mass is 9.92. The van der Waals surface area contributed by atoms with Gasteiger partial charge in [-0.15, -0.1) is 0 Å². The standard InChI is InChI=1S/C22H17FO/c23-18-11-10-17-9-8-16-5-1-2-7-20(16)22(21(17)14-18)13-15-4-3-6-19(24)12-15/h1-7,10-14,24H,8-9H2/b22-13-. The Labute approximate surface area is 140 Å². The van der Waals surface area contributed by atoms with Crippen LogP contribution >= 0.6 is 0 Å². The third-order valence-corrected chi connectivity index (χ3v) is 4.51. The molecule has 1 aliphatic rings. The number of halogens is 1. The maximum Gasteiger partial charge on any atom is 0.123 e. The minimum absolute atomic E-state index is 0.227. The van der Waals surface area contributed by atoms with Gasteiger partial charge in [-0.25, -0.2) is 4.39 Å². The van der Waals surface area contributed by atoms with Crippen LogP contribution in [0.25, 0.3) is 11.6 Å². The van der Waals surface area contributed by atoms with Crippen molar-refractivity contribution in [2.45, 2.75) is 12.8 Å². The highest BCUT2D eigenvalue weighted by Crippen LogP contribution is 2.35. The number of rotatable bonds is 1. The summed E-state index contributed by atoms with van der Waals surface area (Å²) in [5.41, 5.74) is 6.38. The van der Waals surface area contributed by atoms with E-state index in [1.807, 2.05) is 36.4 Å². The van der Waals surface area contributed by atoms with Gasteiger partial charge in [0.25, 0.3) is 0 Å². The molecule has 0 bridgehead atoms. The second kappa shape index (κ2) is 5.97. The van der Waals surface area contributed by atoms with Gasteiger partial charge in [0.15, 0.2) is 0 Å². The predicted octanol–water partition coefficient (Wildman–Crippen LogP) is 5.22. The van der Waals surface area contributed by atoms with Crippen molar-refractivity contribution in [3.8, 4) is 5.75 Å². The van der Waals surface area contributed by atoms with E-state index >= 15 is 0 Å². The first-order valence-corrected chi connectivity index (χ1v) is 8.08. The summed E-state index contributed by atoms with van der Waals surface area (Å²) in [5.74, 6) is 0.000614. The zero-order valence-corrected chi connectivity index (χ0v) is 13.2. The van der Waals surface area contributed by atoms with E-state index < -0.39 is 0 Å². The lowest BCUT2D eigenvalue weighted by Crippen LogP contribution is -1.94. The fourth-order valence-corrected chi connectivity index (χ4v) is 3.37. The van der Waals surface area contributed by atoms with E-state index in [4.69, 9.17) is 0 Å². The SMILES string of the molecule is Oc1cccc(/C=C2/c3ccccc3CCc3ccc(F)cc32)c1. The second-order valence-electron chi connectivity index (χ2n) is 6.11. The van der Waals surface area contributed by atoms with Gasteiger partial charge in [0.2, 0.25) is 0 Å². The number of phenolic OH excluding ortho intramolecular Hbond substituents is 1. The third-order valence-electron chi connectivity index (χ3n) is 4.51. The molecule has 1 aliphatic carbocycles. The topological polar surface area (TPSA) is 20.2 Å². The quantitative estimate of drug-likeness (QED) is 0.652. The molecule has 0 saturated heterocycles. The van der Waals surface area contributed by atoms with Crippen LogP contribution in [0.4, 0.5) is 4.39 Å². The van der Waals surface area contributed by atoms with E-state index in [1.165, 1.54) is 11.6 Å². The Kier molecular flexibility index (Phi) is 3.66. The van der Waals surface area contributed by atoms with Crippen LogP contribution in [0.1, 0.15) is 27.8 Å². The number of aromatic hydroxyl groups is 1. The maximum absolute atomic E-state index is 13.9. The van der Waals surface area contributed by atoms with Crippen molar-refractivity contribution in [2.24, 2.45) is 0 Å². The molecule has 0 radical (unpaired) electrons. The Morgan fingerprint density at radius 3 is 2.42 bits per heavy atom. The zero-order valence-electron chi connectivity index (χ0n) is 13.2. The molecule has 0 heterocycles. The van der Waals surface area contributed by atoms with Crippen LogP contribution in [0.3, 0.4) is 0 Å². The summed E-state index contributed by atoms with van der Waals surface area (Å²) in [6.45, 7) is 0. The van der Waals surface area contributed by atoms with Crippen molar-refractivity contribution < 1.29 is 9.50 Å². The van der Waals surface area contributed by atoms with Crippen LogP contribution in [0.5, 0.6) is 5.75 Å². The van der Waals surface area contributed by atoms with E-state index in [2.05, 4.69) is 12.1 Å². The summed E-state index contributed by atoms with van der Waals surface area (Å²) in [6.07, 6.45) is 3.86. The lowest BCUT2D eigenvalue weighted by molar-refractivity contribution is 0.475. The average molecular weight is 316 g/mol. The average Bonchev–Trinajstić information content (AvgIpc) is 2.73. The van der Waals surface area contributed by atoms with Gasteiger partial charge in [-0.05, 0) is 76.6 Å². The lowest BCUT2D eigenvalue weighted by Gasteiger charge is -2.12. The van der Waals surface area contributed by atoms with Crippen LogP contribution in [-0.4, -0.2) is 5.11 Å². The van der Waals surface area contributed by atoms with Gasteiger partial charge in [-0.2, -0.15) is 0 Å². The Bertz CT molecular complexity index is 940. The number of hydrogen-bond donors (Lipinski definition) is 1. The van der Waals surface area contributed by atoms with Crippen LogP contribution < -0.4 is 0 Å². The molecule has 1 nitrogen and oxygen atoms in total. The minimum Gasteiger partial charge on any atom is -0.508 e. The molecule has 118 valence electrons. The largest absolute Gasteiger partial charge is 0.508 e. The van der Waals surface area contributed by atoms with Crippen molar-refractivity contribution in [3.63, 3.8) is 0 Å². The molecule has 0 fully saturated rings. The third kappa shape index (κ3) is 2.71. The first-order chi connectivity index (χ1) is 11.7. The number of hydrogen-bond acceptors (Lipinski definition) is 1. The highest BCUT2D eigenvalue weighted by molar-refractivity contribution is 5.94. The number of benzene rings is 3. The molecule has 0 aliphatic heterocycles. The Morgan fingerprint density at radius 2 is 1.58 bits per heavy atom. The molecule has 0 aromatic heterocycles. The molecule has 0 saturated carbocycles. The van der Waals surface area contributed by atoms with Crippen molar-refractivity contribution >= 4 is 11.6 Å². The van der Waals surface area contributed by atoms with E-state index in [9.17, 15) is 9.50 Å². The fourth-order valence-electron chi connectivity index (χ4n) is 3.37. The number of fused-ring (bicyclic) bond motifs is 2. The van der Waals surface area contributed by atoms with Gasteiger partial charge in [0, 0.05) is 0 Å². The van der Waals surface area contributed by atoms with E-state index in [-0.39, 0.29) is 11.6 Å². The maximum atomic E-state index is 13.9. The van der Waals surface area contributed by atoms with Crippen molar-refractivity contribution in [1.82, 2.24) is 0 Å². The Hall–Kier alpha value is -2.87. The Morgan fingerprint density at radius 1 is 0.792 bits per heavy atom. The summed E-state index contributed by atoms with van der Waals surface area (Å²) < 4.78 is 13.9. The first-order valence-electron chi connectivity index (χ1n) is 8.08. The van der Waals surface area contributed by atoms with Crippen LogP contribution in [0.2, 0.25) is 0 Å². The molecule has 0 spiro atoms. The van der Waals surface area contributed by atoms with Gasteiger partial charge < -0.3 is 5.11 Å². The van der Waals surface area contributed by atoms with Gasteiger partial charge >= 0.3 is 0 Å². The highest BCUT2D eigenvalue weighted by atomic mass is 19.1.